The van der Waals surface area contributed by atoms with Gasteiger partial charge in [-0.25, -0.2) is 9.18 Å². The largest absolute Gasteiger partial charge is 0.507 e. The van der Waals surface area contributed by atoms with Crippen molar-refractivity contribution in [1.29, 1.82) is 0 Å². The van der Waals surface area contributed by atoms with Gasteiger partial charge in [0.2, 0.25) is 0 Å². The van der Waals surface area contributed by atoms with E-state index in [1.807, 2.05) is 19.1 Å². The topological polar surface area (TPSA) is 84.9 Å². The highest BCUT2D eigenvalue weighted by Gasteiger charge is 2.24. The van der Waals surface area contributed by atoms with Crippen LogP contribution in [0.1, 0.15) is 56.8 Å². The third-order valence-corrected chi connectivity index (χ3v) is 4.44. The van der Waals surface area contributed by atoms with Crippen molar-refractivity contribution in [1.82, 2.24) is 5.32 Å². The van der Waals surface area contributed by atoms with Gasteiger partial charge in [-0.3, -0.25) is 4.79 Å². The number of alkyl carbamates (subject to hydrolysis) is 1. The second-order valence-corrected chi connectivity index (χ2v) is 8.46. The third kappa shape index (κ3) is 6.98. The Balaban J connectivity index is 2.48. The van der Waals surface area contributed by atoms with E-state index >= 15 is 0 Å². The van der Waals surface area contributed by atoms with E-state index in [-0.39, 0.29) is 18.8 Å². The van der Waals surface area contributed by atoms with Crippen LogP contribution in [0.25, 0.3) is 11.1 Å². The molecule has 0 aromatic heterocycles. The first-order valence-electron chi connectivity index (χ1n) is 10.2. The van der Waals surface area contributed by atoms with Crippen LogP contribution in [0, 0.1) is 19.7 Å². The Hall–Kier alpha value is -3.09. The van der Waals surface area contributed by atoms with Crippen molar-refractivity contribution in [3.8, 4) is 16.9 Å². The summed E-state index contributed by atoms with van der Waals surface area (Å²) >= 11 is 0. The molecular weight excluding hydrogens is 401 g/mol. The Morgan fingerprint density at radius 2 is 1.81 bits per heavy atom. The number of rotatable bonds is 6. The molecule has 2 aromatic rings. The minimum Gasteiger partial charge on any atom is -0.507 e. The number of ether oxygens (including phenoxy) is 2. The van der Waals surface area contributed by atoms with E-state index in [0.29, 0.717) is 22.3 Å². The molecule has 168 valence electrons. The van der Waals surface area contributed by atoms with Crippen LogP contribution in [0.5, 0.6) is 5.75 Å². The number of phenolic OH excluding ortho intramolecular Hbond substituents is 1. The molecule has 31 heavy (non-hydrogen) atoms. The Morgan fingerprint density at radius 1 is 1.13 bits per heavy atom. The summed E-state index contributed by atoms with van der Waals surface area (Å²) in [6, 6.07) is 7.12. The molecule has 6 nitrogen and oxygen atoms in total. The number of benzene rings is 2. The summed E-state index contributed by atoms with van der Waals surface area (Å²) in [4.78, 5) is 24.6. The van der Waals surface area contributed by atoms with E-state index in [1.54, 1.807) is 40.7 Å². The number of esters is 1. The maximum atomic E-state index is 13.6. The fraction of sp³-hybridized carbons (Fsp3) is 0.417. The van der Waals surface area contributed by atoms with E-state index in [9.17, 15) is 19.1 Å². The second kappa shape index (κ2) is 9.81. The molecule has 0 spiro atoms. The number of carbonyl (C=O) groups is 2. The first-order chi connectivity index (χ1) is 14.4. The van der Waals surface area contributed by atoms with Gasteiger partial charge in [0.1, 0.15) is 17.2 Å². The lowest BCUT2D eigenvalue weighted by molar-refractivity contribution is -0.143. The molecule has 2 aromatic carbocycles. The number of carbonyl (C=O) groups excluding carboxylic acids is 2. The molecule has 0 heterocycles. The lowest BCUT2D eigenvalue weighted by Crippen LogP contribution is -2.36. The lowest BCUT2D eigenvalue weighted by Gasteiger charge is -2.24. The molecular formula is C24H30FNO5. The maximum absolute atomic E-state index is 13.6. The van der Waals surface area contributed by atoms with Crippen molar-refractivity contribution in [2.75, 3.05) is 6.61 Å². The summed E-state index contributed by atoms with van der Waals surface area (Å²) < 4.78 is 24.0. The normalized spacial score (nSPS) is 12.2. The molecule has 0 fully saturated rings. The molecule has 1 amide bonds. The molecule has 0 aliphatic carbocycles. The van der Waals surface area contributed by atoms with Crippen LogP contribution >= 0.6 is 0 Å². The van der Waals surface area contributed by atoms with E-state index in [0.717, 1.165) is 11.6 Å². The standard InChI is InChI=1S/C24H30FNO5/c1-7-30-21(28)13-19(26-23(29)31-24(4,5)6)16-8-14(2)9-17(11-16)22-15(3)10-18(25)12-20(22)27/h8-12,19,27H,7,13H2,1-6H3,(H,26,29)/t19-/m0/s1. The third-order valence-electron chi connectivity index (χ3n) is 4.44. The predicted octanol–water partition coefficient (Wildman–Crippen LogP) is 5.33. The summed E-state index contributed by atoms with van der Waals surface area (Å²) in [5.41, 5.74) is 2.47. The SMILES string of the molecule is CCOC(=O)C[C@H](NC(=O)OC(C)(C)C)c1cc(C)cc(-c2c(C)cc(F)cc2O)c1. The van der Waals surface area contributed by atoms with E-state index in [2.05, 4.69) is 5.32 Å². The molecule has 2 N–H and O–H groups in total. The van der Waals surface area contributed by atoms with Gasteiger partial charge in [-0.1, -0.05) is 17.7 Å². The Kier molecular flexibility index (Phi) is 7.65. The van der Waals surface area contributed by atoms with Crippen LogP contribution in [0.3, 0.4) is 0 Å². The van der Waals surface area contributed by atoms with Crippen molar-refractivity contribution in [2.45, 2.75) is 59.6 Å². The van der Waals surface area contributed by atoms with Crippen LogP contribution in [-0.4, -0.2) is 29.4 Å². The molecule has 0 bridgehead atoms. The van der Waals surface area contributed by atoms with Gasteiger partial charge in [0.15, 0.2) is 0 Å². The molecule has 0 aliphatic heterocycles. The van der Waals surface area contributed by atoms with Crippen molar-refractivity contribution in [3.63, 3.8) is 0 Å². The molecule has 0 aliphatic rings. The quantitative estimate of drug-likeness (QED) is 0.604. The van der Waals surface area contributed by atoms with Crippen LogP contribution in [0.2, 0.25) is 0 Å². The number of hydrogen-bond donors (Lipinski definition) is 2. The van der Waals surface area contributed by atoms with Crippen LogP contribution in [0.15, 0.2) is 30.3 Å². The van der Waals surface area contributed by atoms with Crippen LogP contribution in [0.4, 0.5) is 9.18 Å². The number of nitrogens with one attached hydrogen (secondary N) is 1. The molecule has 0 radical (unpaired) electrons. The smallest absolute Gasteiger partial charge is 0.408 e. The van der Waals surface area contributed by atoms with Gasteiger partial charge in [0.05, 0.1) is 19.1 Å². The van der Waals surface area contributed by atoms with Crippen LogP contribution < -0.4 is 5.32 Å². The van der Waals surface area contributed by atoms with Crippen molar-refractivity contribution < 1.29 is 28.6 Å². The summed E-state index contributed by atoms with van der Waals surface area (Å²) in [7, 11) is 0. The van der Waals surface area contributed by atoms with Crippen molar-refractivity contribution in [2.24, 2.45) is 0 Å². The highest BCUT2D eigenvalue weighted by Crippen LogP contribution is 2.35. The van der Waals surface area contributed by atoms with Gasteiger partial charge < -0.3 is 19.9 Å². The highest BCUT2D eigenvalue weighted by molar-refractivity contribution is 5.76. The highest BCUT2D eigenvalue weighted by atomic mass is 19.1. The maximum Gasteiger partial charge on any atom is 0.408 e. The number of aromatic hydroxyl groups is 1. The zero-order valence-corrected chi connectivity index (χ0v) is 18.8. The number of phenols is 1. The predicted molar refractivity (Wildman–Crippen MR) is 116 cm³/mol. The molecule has 2 rings (SSSR count). The van der Waals surface area contributed by atoms with Gasteiger partial charge in [-0.15, -0.1) is 0 Å². The average molecular weight is 432 g/mol. The van der Waals surface area contributed by atoms with Gasteiger partial charge >= 0.3 is 12.1 Å². The zero-order valence-electron chi connectivity index (χ0n) is 18.8. The molecule has 0 unspecified atom stereocenters. The molecule has 0 saturated carbocycles. The fourth-order valence-electron chi connectivity index (χ4n) is 3.35. The number of halogens is 1. The van der Waals surface area contributed by atoms with Gasteiger partial charge in [-0.2, -0.15) is 0 Å². The summed E-state index contributed by atoms with van der Waals surface area (Å²) in [5, 5.41) is 13.1. The minimum absolute atomic E-state index is 0.0929. The Labute approximate surface area is 182 Å². The van der Waals surface area contributed by atoms with E-state index in [4.69, 9.17) is 9.47 Å². The van der Waals surface area contributed by atoms with Crippen molar-refractivity contribution >= 4 is 12.1 Å². The Morgan fingerprint density at radius 3 is 2.39 bits per heavy atom. The minimum atomic E-state index is -0.713. The summed E-state index contributed by atoms with van der Waals surface area (Å²) in [6.07, 6.45) is -0.754. The lowest BCUT2D eigenvalue weighted by atomic mass is 9.93. The molecule has 1 atom stereocenters. The average Bonchev–Trinajstić information content (AvgIpc) is 2.58. The summed E-state index contributed by atoms with van der Waals surface area (Å²) in [5.74, 6) is -1.18. The monoisotopic (exact) mass is 431 g/mol. The number of aryl methyl sites for hydroxylation is 2. The number of hydrogen-bond acceptors (Lipinski definition) is 5. The number of amides is 1. The molecule has 0 saturated heterocycles. The van der Waals surface area contributed by atoms with Crippen molar-refractivity contribution in [3.05, 3.63) is 52.8 Å². The fourth-order valence-corrected chi connectivity index (χ4v) is 3.35. The molecule has 7 heteroatoms. The van der Waals surface area contributed by atoms with Gasteiger partial charge in [-0.05, 0) is 70.4 Å². The van der Waals surface area contributed by atoms with E-state index < -0.39 is 29.5 Å². The summed E-state index contributed by atoms with van der Waals surface area (Å²) in [6.45, 7) is 10.7. The Bertz CT molecular complexity index is 942. The second-order valence-electron chi connectivity index (χ2n) is 8.46. The first-order valence-corrected chi connectivity index (χ1v) is 10.2. The van der Waals surface area contributed by atoms with E-state index in [1.165, 1.54) is 6.07 Å². The van der Waals surface area contributed by atoms with Gasteiger partial charge in [0.25, 0.3) is 0 Å². The first kappa shape index (κ1) is 24.2. The van der Waals surface area contributed by atoms with Crippen LogP contribution in [-0.2, 0) is 14.3 Å². The zero-order chi connectivity index (χ0) is 23.3. The van der Waals surface area contributed by atoms with Gasteiger partial charge in [0, 0.05) is 11.6 Å².